The van der Waals surface area contributed by atoms with Crippen molar-refractivity contribution in [1.82, 2.24) is 0 Å². The van der Waals surface area contributed by atoms with Crippen LogP contribution in [0, 0.1) is 5.82 Å². The average molecular weight is 199 g/mol. The number of halogens is 1. The fourth-order valence-electron chi connectivity index (χ4n) is 1.04. The summed E-state index contributed by atoms with van der Waals surface area (Å²) < 4.78 is 17.2. The number of phenols is 1. The van der Waals surface area contributed by atoms with Crippen LogP contribution in [-0.2, 0) is 9.53 Å². The van der Waals surface area contributed by atoms with Crippen LogP contribution in [0.4, 0.5) is 4.39 Å². The van der Waals surface area contributed by atoms with Crippen molar-refractivity contribution in [2.24, 2.45) is 5.73 Å². The van der Waals surface area contributed by atoms with Gasteiger partial charge in [0.05, 0.1) is 7.11 Å². The minimum absolute atomic E-state index is 0.175. The van der Waals surface area contributed by atoms with Crippen LogP contribution in [0.5, 0.6) is 5.75 Å². The van der Waals surface area contributed by atoms with Gasteiger partial charge in [0.15, 0.2) is 0 Å². The number of phenolic OH excluding ortho intramolecular Hbond substituents is 1. The number of aromatic hydroxyl groups is 1. The predicted molar refractivity (Wildman–Crippen MR) is 47.0 cm³/mol. The summed E-state index contributed by atoms with van der Waals surface area (Å²) in [5.41, 5.74) is 5.61. The summed E-state index contributed by atoms with van der Waals surface area (Å²) in [4.78, 5) is 11.0. The first kappa shape index (κ1) is 10.5. The van der Waals surface area contributed by atoms with Gasteiger partial charge in [-0.3, -0.25) is 4.79 Å². The summed E-state index contributed by atoms with van der Waals surface area (Å²) in [5, 5.41) is 9.05. The van der Waals surface area contributed by atoms with Crippen molar-refractivity contribution in [2.75, 3.05) is 7.11 Å². The first-order valence-corrected chi connectivity index (χ1v) is 3.87. The molecule has 0 heterocycles. The number of hydrogen-bond acceptors (Lipinski definition) is 4. The van der Waals surface area contributed by atoms with E-state index in [1.807, 2.05) is 0 Å². The zero-order valence-electron chi connectivity index (χ0n) is 7.53. The fraction of sp³-hybridized carbons (Fsp3) is 0.222. The zero-order valence-corrected chi connectivity index (χ0v) is 7.53. The van der Waals surface area contributed by atoms with Crippen molar-refractivity contribution in [3.05, 3.63) is 29.6 Å². The van der Waals surface area contributed by atoms with Gasteiger partial charge in [-0.15, -0.1) is 0 Å². The van der Waals surface area contributed by atoms with Crippen LogP contribution in [0.1, 0.15) is 11.6 Å². The molecule has 0 amide bonds. The highest BCUT2D eigenvalue weighted by Gasteiger charge is 2.17. The van der Waals surface area contributed by atoms with E-state index in [0.717, 1.165) is 12.1 Å². The highest BCUT2D eigenvalue weighted by Crippen LogP contribution is 2.19. The highest BCUT2D eigenvalue weighted by molar-refractivity contribution is 5.77. The fourth-order valence-corrected chi connectivity index (χ4v) is 1.04. The molecule has 4 nitrogen and oxygen atoms in total. The molecule has 1 rings (SSSR count). The Labute approximate surface area is 80.1 Å². The van der Waals surface area contributed by atoms with Crippen LogP contribution in [0.3, 0.4) is 0 Å². The normalized spacial score (nSPS) is 12.2. The molecule has 1 unspecified atom stereocenters. The third-order valence-electron chi connectivity index (χ3n) is 1.72. The van der Waals surface area contributed by atoms with E-state index in [9.17, 15) is 9.18 Å². The van der Waals surface area contributed by atoms with E-state index in [1.165, 1.54) is 13.2 Å². The van der Waals surface area contributed by atoms with Crippen molar-refractivity contribution in [1.29, 1.82) is 0 Å². The summed E-state index contributed by atoms with van der Waals surface area (Å²) >= 11 is 0. The predicted octanol–water partition coefficient (Wildman–Crippen LogP) is 0.704. The minimum atomic E-state index is -1.08. The second-order valence-electron chi connectivity index (χ2n) is 2.74. The Morgan fingerprint density at radius 3 is 2.71 bits per heavy atom. The summed E-state index contributed by atoms with van der Waals surface area (Å²) in [6.07, 6.45) is 0. The summed E-state index contributed by atoms with van der Waals surface area (Å²) in [7, 11) is 1.18. The summed E-state index contributed by atoms with van der Waals surface area (Å²) in [6, 6.07) is 2.13. The molecular formula is C9H10FNO3. The second kappa shape index (κ2) is 4.06. The number of carbonyl (C=O) groups is 1. The van der Waals surface area contributed by atoms with E-state index in [4.69, 9.17) is 10.8 Å². The molecular weight excluding hydrogens is 189 g/mol. The Morgan fingerprint density at radius 2 is 2.21 bits per heavy atom. The molecule has 5 heteroatoms. The first-order chi connectivity index (χ1) is 6.54. The van der Waals surface area contributed by atoms with Crippen molar-refractivity contribution in [2.45, 2.75) is 6.04 Å². The maximum absolute atomic E-state index is 12.8. The SMILES string of the molecule is COC(=O)C(N)c1cc(O)cc(F)c1. The number of esters is 1. The van der Waals surface area contributed by atoms with Gasteiger partial charge < -0.3 is 15.6 Å². The lowest BCUT2D eigenvalue weighted by molar-refractivity contribution is -0.142. The van der Waals surface area contributed by atoms with Gasteiger partial charge in [0.25, 0.3) is 0 Å². The average Bonchev–Trinajstić information content (AvgIpc) is 2.14. The lowest BCUT2D eigenvalue weighted by atomic mass is 10.1. The van der Waals surface area contributed by atoms with Gasteiger partial charge in [-0.25, -0.2) is 4.39 Å². The largest absolute Gasteiger partial charge is 0.508 e. The maximum Gasteiger partial charge on any atom is 0.327 e. The van der Waals surface area contributed by atoms with Crippen molar-refractivity contribution in [3.63, 3.8) is 0 Å². The van der Waals surface area contributed by atoms with Gasteiger partial charge in [0.1, 0.15) is 17.6 Å². The number of rotatable bonds is 2. The van der Waals surface area contributed by atoms with Gasteiger partial charge >= 0.3 is 5.97 Å². The Kier molecular flexibility index (Phi) is 3.03. The zero-order chi connectivity index (χ0) is 10.7. The monoisotopic (exact) mass is 199 g/mol. The number of hydrogen-bond donors (Lipinski definition) is 2. The Hall–Kier alpha value is -1.62. The molecule has 0 aliphatic rings. The van der Waals surface area contributed by atoms with Crippen molar-refractivity contribution >= 4 is 5.97 Å². The second-order valence-corrected chi connectivity index (χ2v) is 2.74. The molecule has 0 saturated carbocycles. The quantitative estimate of drug-likeness (QED) is 0.688. The molecule has 0 bridgehead atoms. The van der Waals surface area contributed by atoms with Gasteiger partial charge in [-0.05, 0) is 17.7 Å². The van der Waals surface area contributed by atoms with E-state index in [1.54, 1.807) is 0 Å². The maximum atomic E-state index is 12.8. The third-order valence-corrected chi connectivity index (χ3v) is 1.72. The minimum Gasteiger partial charge on any atom is -0.508 e. The molecule has 0 aliphatic carbocycles. The van der Waals surface area contributed by atoms with Crippen LogP contribution < -0.4 is 5.73 Å². The van der Waals surface area contributed by atoms with Gasteiger partial charge in [0.2, 0.25) is 0 Å². The lowest BCUT2D eigenvalue weighted by Crippen LogP contribution is -2.22. The Bertz CT molecular complexity index is 334. The number of benzene rings is 1. The van der Waals surface area contributed by atoms with Gasteiger partial charge in [-0.2, -0.15) is 0 Å². The number of methoxy groups -OCH3 is 1. The molecule has 14 heavy (non-hydrogen) atoms. The van der Waals surface area contributed by atoms with Crippen LogP contribution >= 0.6 is 0 Å². The molecule has 0 aromatic heterocycles. The van der Waals surface area contributed by atoms with E-state index < -0.39 is 17.8 Å². The van der Waals surface area contributed by atoms with Crippen molar-refractivity contribution in [3.8, 4) is 5.75 Å². The molecule has 0 fully saturated rings. The number of carbonyl (C=O) groups excluding carboxylic acids is 1. The Balaban J connectivity index is 3.00. The lowest BCUT2D eigenvalue weighted by Gasteiger charge is -2.09. The molecule has 0 spiro atoms. The smallest absolute Gasteiger partial charge is 0.327 e. The molecule has 0 aliphatic heterocycles. The number of ether oxygens (including phenoxy) is 1. The molecule has 1 aromatic rings. The van der Waals surface area contributed by atoms with Gasteiger partial charge in [-0.1, -0.05) is 0 Å². The Morgan fingerprint density at radius 1 is 1.57 bits per heavy atom. The third kappa shape index (κ3) is 2.20. The van der Waals surface area contributed by atoms with Gasteiger partial charge in [0, 0.05) is 6.07 Å². The molecule has 0 radical (unpaired) electrons. The van der Waals surface area contributed by atoms with Crippen LogP contribution in [0.15, 0.2) is 18.2 Å². The van der Waals surface area contributed by atoms with E-state index >= 15 is 0 Å². The van der Waals surface area contributed by atoms with Crippen LogP contribution in [0.25, 0.3) is 0 Å². The molecule has 0 saturated heterocycles. The molecule has 1 aromatic carbocycles. The van der Waals surface area contributed by atoms with Crippen LogP contribution in [0.2, 0.25) is 0 Å². The van der Waals surface area contributed by atoms with E-state index in [2.05, 4.69) is 4.74 Å². The number of nitrogens with two attached hydrogens (primary N) is 1. The van der Waals surface area contributed by atoms with E-state index in [-0.39, 0.29) is 11.3 Å². The topological polar surface area (TPSA) is 72.5 Å². The summed E-state index contributed by atoms with van der Waals surface area (Å²) in [6.45, 7) is 0. The highest BCUT2D eigenvalue weighted by atomic mass is 19.1. The van der Waals surface area contributed by atoms with E-state index in [0.29, 0.717) is 0 Å². The van der Waals surface area contributed by atoms with Crippen LogP contribution in [-0.4, -0.2) is 18.2 Å². The molecule has 1 atom stereocenters. The standard InChI is InChI=1S/C9H10FNO3/c1-14-9(13)8(11)5-2-6(10)4-7(12)3-5/h2-4,8,12H,11H2,1H3. The van der Waals surface area contributed by atoms with Crippen molar-refractivity contribution < 1.29 is 19.0 Å². The summed E-state index contributed by atoms with van der Waals surface area (Å²) in [5.74, 6) is -1.62. The molecule has 76 valence electrons. The molecule has 3 N–H and O–H groups in total. The first-order valence-electron chi connectivity index (χ1n) is 3.87.